The van der Waals surface area contributed by atoms with Crippen LogP contribution in [0.4, 0.5) is 4.79 Å². The Balaban J connectivity index is 1.70. The molecule has 0 saturated heterocycles. The lowest BCUT2D eigenvalue weighted by atomic mass is 10.0. The topological polar surface area (TPSA) is 115 Å². The quantitative estimate of drug-likeness (QED) is 0.273. The summed E-state index contributed by atoms with van der Waals surface area (Å²) in [5.74, 6) is 0.552. The molecule has 0 aliphatic carbocycles. The molecular formula is C30H43N3O7S. The Morgan fingerprint density at radius 2 is 1.90 bits per heavy atom. The Morgan fingerprint density at radius 3 is 2.59 bits per heavy atom. The average molecular weight is 590 g/mol. The third kappa shape index (κ3) is 10.6. The lowest BCUT2D eigenvalue weighted by Gasteiger charge is -2.28. The van der Waals surface area contributed by atoms with Gasteiger partial charge in [-0.1, -0.05) is 31.9 Å². The zero-order valence-electron chi connectivity index (χ0n) is 24.7. The van der Waals surface area contributed by atoms with Crippen molar-refractivity contribution in [2.24, 2.45) is 0 Å². The molecule has 0 radical (unpaired) electrons. The minimum atomic E-state index is -0.621. The summed E-state index contributed by atoms with van der Waals surface area (Å²) in [6.45, 7) is 10.9. The van der Waals surface area contributed by atoms with Gasteiger partial charge in [-0.2, -0.15) is 0 Å². The Kier molecular flexibility index (Phi) is 12.3. The predicted molar refractivity (Wildman–Crippen MR) is 157 cm³/mol. The largest absolute Gasteiger partial charge is 0.466 e. The van der Waals surface area contributed by atoms with Gasteiger partial charge < -0.3 is 34.5 Å². The van der Waals surface area contributed by atoms with Gasteiger partial charge in [-0.15, -0.1) is 11.3 Å². The zero-order valence-corrected chi connectivity index (χ0v) is 25.5. The van der Waals surface area contributed by atoms with Crippen LogP contribution in [-0.2, 0) is 25.6 Å². The van der Waals surface area contributed by atoms with Crippen molar-refractivity contribution in [3.05, 3.63) is 46.2 Å². The van der Waals surface area contributed by atoms with Gasteiger partial charge in [-0.3, -0.25) is 9.59 Å². The maximum atomic E-state index is 13.6. The highest BCUT2D eigenvalue weighted by Gasteiger charge is 2.27. The van der Waals surface area contributed by atoms with Crippen LogP contribution < -0.4 is 20.1 Å². The van der Waals surface area contributed by atoms with Gasteiger partial charge in [-0.25, -0.2) is 4.79 Å². The van der Waals surface area contributed by atoms with Crippen molar-refractivity contribution in [3.8, 4) is 11.5 Å². The van der Waals surface area contributed by atoms with Crippen LogP contribution in [0.3, 0.4) is 0 Å². The normalized spacial score (nSPS) is 13.8. The number of carbonyl (C=O) groups excluding carboxylic acids is 3. The molecule has 2 N–H and O–H groups in total. The highest BCUT2D eigenvalue weighted by Crippen LogP contribution is 2.35. The van der Waals surface area contributed by atoms with Crippen molar-refractivity contribution in [1.82, 2.24) is 15.5 Å². The molecule has 1 aromatic carbocycles. The molecule has 2 heterocycles. The molecule has 0 bridgehead atoms. The van der Waals surface area contributed by atoms with E-state index in [2.05, 4.69) is 17.6 Å². The molecule has 0 fully saturated rings. The summed E-state index contributed by atoms with van der Waals surface area (Å²) in [4.78, 5) is 41.6. The number of ether oxygens (including phenoxy) is 4. The Labute approximate surface area is 246 Å². The molecule has 2 amide bonds. The SMILES string of the molecule is CCCC[C@H](NCCN(Cc1cccs1)C(=O)OC(C)(C)C)C(=O)N[C@@H](CC(=O)OCC)c1ccc2c(c1)OCO2. The van der Waals surface area contributed by atoms with Crippen LogP contribution in [0.25, 0.3) is 0 Å². The lowest BCUT2D eigenvalue weighted by molar-refractivity contribution is -0.143. The van der Waals surface area contributed by atoms with Crippen LogP contribution in [0.15, 0.2) is 35.7 Å². The first-order chi connectivity index (χ1) is 19.6. The third-order valence-electron chi connectivity index (χ3n) is 6.31. The number of thiophene rings is 1. The van der Waals surface area contributed by atoms with Crippen molar-refractivity contribution in [2.45, 2.75) is 84.5 Å². The number of unbranched alkanes of at least 4 members (excludes halogenated alkanes) is 1. The van der Waals surface area contributed by atoms with Crippen molar-refractivity contribution in [3.63, 3.8) is 0 Å². The molecule has 2 aromatic rings. The second kappa shape index (κ2) is 15.6. The molecule has 2 atom stereocenters. The molecule has 0 spiro atoms. The second-order valence-corrected chi connectivity index (χ2v) is 11.8. The molecule has 11 heteroatoms. The van der Waals surface area contributed by atoms with E-state index in [-0.39, 0.29) is 25.7 Å². The van der Waals surface area contributed by atoms with Crippen molar-refractivity contribution in [2.75, 3.05) is 26.5 Å². The van der Waals surface area contributed by atoms with Gasteiger partial charge in [0, 0.05) is 18.0 Å². The first kappa shape index (κ1) is 32.2. The first-order valence-electron chi connectivity index (χ1n) is 14.2. The van der Waals surface area contributed by atoms with Gasteiger partial charge in [0.05, 0.1) is 31.7 Å². The highest BCUT2D eigenvalue weighted by molar-refractivity contribution is 7.09. The maximum Gasteiger partial charge on any atom is 0.410 e. The van der Waals surface area contributed by atoms with E-state index in [1.807, 2.05) is 44.4 Å². The van der Waals surface area contributed by atoms with Crippen LogP contribution in [-0.4, -0.2) is 61.0 Å². The van der Waals surface area contributed by atoms with Crippen LogP contribution in [0.1, 0.15) is 76.8 Å². The van der Waals surface area contributed by atoms with E-state index in [1.165, 1.54) is 0 Å². The summed E-state index contributed by atoms with van der Waals surface area (Å²) in [6, 6.07) is 8.17. The standard InChI is InChI=1S/C30H43N3O7S/c1-6-8-11-23(31-14-15-33(19-22-10-9-16-41-22)29(36)40-30(3,4)5)28(35)32-24(18-27(34)37-7-2)21-12-13-25-26(17-21)39-20-38-25/h9-10,12-13,16-17,23-24,31H,6-8,11,14-15,18-20H2,1-5H3,(H,32,35)/t23-,24-/m0/s1. The summed E-state index contributed by atoms with van der Waals surface area (Å²) >= 11 is 1.57. The zero-order chi connectivity index (χ0) is 29.8. The van der Waals surface area contributed by atoms with Crippen molar-refractivity contribution < 1.29 is 33.3 Å². The molecule has 1 aliphatic heterocycles. The van der Waals surface area contributed by atoms with Gasteiger partial charge in [0.2, 0.25) is 12.7 Å². The van der Waals surface area contributed by atoms with Gasteiger partial charge in [0.25, 0.3) is 0 Å². The molecule has 1 aromatic heterocycles. The number of esters is 1. The molecule has 226 valence electrons. The molecule has 0 unspecified atom stereocenters. The number of hydrogen-bond acceptors (Lipinski definition) is 9. The van der Waals surface area contributed by atoms with Crippen LogP contribution in [0.2, 0.25) is 0 Å². The van der Waals surface area contributed by atoms with Crippen molar-refractivity contribution >= 4 is 29.3 Å². The minimum Gasteiger partial charge on any atom is -0.466 e. The minimum absolute atomic E-state index is 0.0209. The van der Waals surface area contributed by atoms with Crippen LogP contribution in [0, 0.1) is 0 Å². The number of amides is 2. The fraction of sp³-hybridized carbons (Fsp3) is 0.567. The summed E-state index contributed by atoms with van der Waals surface area (Å²) < 4.78 is 21.7. The molecule has 1 aliphatic rings. The maximum absolute atomic E-state index is 13.6. The van der Waals surface area contributed by atoms with E-state index < -0.39 is 29.7 Å². The second-order valence-electron chi connectivity index (χ2n) is 10.8. The molecule has 3 rings (SSSR count). The van der Waals surface area contributed by atoms with Crippen molar-refractivity contribution in [1.29, 1.82) is 0 Å². The number of fused-ring (bicyclic) bond motifs is 1. The Bertz CT molecular complexity index is 1130. The smallest absolute Gasteiger partial charge is 0.410 e. The number of carbonyl (C=O) groups is 3. The van der Waals surface area contributed by atoms with E-state index in [1.54, 1.807) is 35.3 Å². The summed E-state index contributed by atoms with van der Waals surface area (Å²) in [7, 11) is 0. The summed E-state index contributed by atoms with van der Waals surface area (Å²) in [6.07, 6.45) is 1.93. The van der Waals surface area contributed by atoms with Gasteiger partial charge >= 0.3 is 12.1 Å². The van der Waals surface area contributed by atoms with Crippen LogP contribution >= 0.6 is 11.3 Å². The Hall–Kier alpha value is -3.31. The lowest BCUT2D eigenvalue weighted by Crippen LogP contribution is -2.48. The van der Waals surface area contributed by atoms with E-state index in [9.17, 15) is 14.4 Å². The van der Waals surface area contributed by atoms with Crippen LogP contribution in [0.5, 0.6) is 11.5 Å². The van der Waals surface area contributed by atoms with E-state index in [0.717, 1.165) is 23.3 Å². The Morgan fingerprint density at radius 1 is 1.12 bits per heavy atom. The predicted octanol–water partition coefficient (Wildman–Crippen LogP) is 5.17. The highest BCUT2D eigenvalue weighted by atomic mass is 32.1. The van der Waals surface area contributed by atoms with E-state index in [0.29, 0.717) is 37.6 Å². The fourth-order valence-corrected chi connectivity index (χ4v) is 5.02. The number of nitrogens with one attached hydrogen (secondary N) is 2. The third-order valence-corrected chi connectivity index (χ3v) is 7.17. The molecule has 10 nitrogen and oxygen atoms in total. The van der Waals surface area contributed by atoms with E-state index >= 15 is 0 Å². The average Bonchev–Trinajstić information content (AvgIpc) is 3.60. The molecule has 41 heavy (non-hydrogen) atoms. The van der Waals surface area contributed by atoms with Gasteiger partial charge in [-0.05, 0) is 63.3 Å². The molecular weight excluding hydrogens is 546 g/mol. The first-order valence-corrected chi connectivity index (χ1v) is 15.1. The monoisotopic (exact) mass is 589 g/mol. The fourth-order valence-electron chi connectivity index (χ4n) is 4.30. The van der Waals surface area contributed by atoms with Gasteiger partial charge in [0.1, 0.15) is 5.60 Å². The molecule has 0 saturated carbocycles. The number of rotatable bonds is 15. The summed E-state index contributed by atoms with van der Waals surface area (Å²) in [5.41, 5.74) is 0.0988. The van der Waals surface area contributed by atoms with E-state index in [4.69, 9.17) is 18.9 Å². The number of nitrogens with zero attached hydrogens (tertiary/aromatic N) is 1. The number of hydrogen-bond donors (Lipinski definition) is 2. The van der Waals surface area contributed by atoms with Gasteiger partial charge in [0.15, 0.2) is 11.5 Å². The number of benzene rings is 1. The summed E-state index contributed by atoms with van der Waals surface area (Å²) in [5, 5.41) is 8.36.